The Morgan fingerprint density at radius 1 is 0.264 bits per heavy atom. The fourth-order valence-corrected chi connectivity index (χ4v) is 15.1. The Hall–Kier alpha value is -1.94. The number of esters is 4. The van der Waals surface area contributed by atoms with E-state index in [1.54, 1.807) is 0 Å². The van der Waals surface area contributed by atoms with Gasteiger partial charge in [0, 0.05) is 25.7 Å². The highest BCUT2D eigenvalue weighted by Gasteiger charge is 2.30. The van der Waals surface area contributed by atoms with E-state index in [2.05, 4.69) is 41.5 Å². The lowest BCUT2D eigenvalue weighted by atomic mass is 9.99. The molecular weight excluding hydrogens is 1380 g/mol. The Bertz CT molecular complexity index is 2030. The first-order valence-corrected chi connectivity index (χ1v) is 48.1. The zero-order valence-electron chi connectivity index (χ0n) is 69.7. The molecule has 0 fully saturated rings. The van der Waals surface area contributed by atoms with Crippen LogP contribution >= 0.6 is 15.6 Å². The number of phosphoric acid groups is 2. The van der Waals surface area contributed by atoms with Gasteiger partial charge in [0.15, 0.2) is 12.2 Å². The molecule has 17 nitrogen and oxygen atoms in total. The summed E-state index contributed by atoms with van der Waals surface area (Å²) in [6, 6.07) is 0. The highest BCUT2D eigenvalue weighted by molar-refractivity contribution is 7.47. The largest absolute Gasteiger partial charge is 0.472 e. The highest BCUT2D eigenvalue weighted by Crippen LogP contribution is 2.45. The molecule has 0 aromatic heterocycles. The number of carbonyl (C=O) groups excluding carboxylic acids is 4. The van der Waals surface area contributed by atoms with E-state index in [0.717, 1.165) is 102 Å². The monoisotopic (exact) mass is 1550 g/mol. The summed E-state index contributed by atoms with van der Waals surface area (Å²) in [4.78, 5) is 73.3. The van der Waals surface area contributed by atoms with E-state index in [1.807, 2.05) is 0 Å². The van der Waals surface area contributed by atoms with Crippen molar-refractivity contribution in [2.45, 2.75) is 484 Å². The quantitative estimate of drug-likeness (QED) is 0.0222. The van der Waals surface area contributed by atoms with Crippen LogP contribution in [0.3, 0.4) is 0 Å². The van der Waals surface area contributed by atoms with Crippen molar-refractivity contribution in [1.29, 1.82) is 0 Å². The van der Waals surface area contributed by atoms with E-state index < -0.39 is 97.5 Å². The SMILES string of the molecule is CCCCCCCCCCCCCCCCCCCCCC(=O)O[C@H](COC(=O)CCCCCCCCCCCCCCCCC(C)CC)COP(=O)(O)OC[C@@H](O)COP(=O)(O)OC[C@@H](COC(=O)CCCCCCCCCCCCC)OC(=O)CCCCCCCCCCCCCCCCC(C)CC. The summed E-state index contributed by atoms with van der Waals surface area (Å²) in [6.07, 6.45) is 70.6. The average molecular weight is 1550 g/mol. The summed E-state index contributed by atoms with van der Waals surface area (Å²) in [7, 11) is -9.93. The second kappa shape index (κ2) is 78.3. The molecule has 7 atom stereocenters. The smallest absolute Gasteiger partial charge is 0.462 e. The van der Waals surface area contributed by atoms with E-state index in [0.29, 0.717) is 25.7 Å². The molecule has 4 unspecified atom stereocenters. The van der Waals surface area contributed by atoms with Crippen molar-refractivity contribution in [2.75, 3.05) is 39.6 Å². The third kappa shape index (κ3) is 77.4. The number of hydrogen-bond acceptors (Lipinski definition) is 15. The molecule has 0 heterocycles. The molecule has 0 radical (unpaired) electrons. The van der Waals surface area contributed by atoms with Crippen LogP contribution in [0.4, 0.5) is 0 Å². The van der Waals surface area contributed by atoms with Crippen molar-refractivity contribution in [3.05, 3.63) is 0 Å². The van der Waals surface area contributed by atoms with E-state index in [4.69, 9.17) is 37.0 Å². The highest BCUT2D eigenvalue weighted by atomic mass is 31.2. The molecule has 19 heteroatoms. The lowest BCUT2D eigenvalue weighted by Crippen LogP contribution is -2.30. The zero-order chi connectivity index (χ0) is 77.8. The number of hydrogen-bond donors (Lipinski definition) is 3. The van der Waals surface area contributed by atoms with Gasteiger partial charge in [0.2, 0.25) is 0 Å². The minimum Gasteiger partial charge on any atom is -0.462 e. The van der Waals surface area contributed by atoms with Crippen molar-refractivity contribution in [3.63, 3.8) is 0 Å². The van der Waals surface area contributed by atoms with E-state index in [9.17, 15) is 43.2 Å². The van der Waals surface area contributed by atoms with Crippen molar-refractivity contribution in [1.82, 2.24) is 0 Å². The molecule has 0 aromatic carbocycles. The molecule has 0 aliphatic rings. The van der Waals surface area contributed by atoms with Gasteiger partial charge in [0.25, 0.3) is 0 Å². The van der Waals surface area contributed by atoms with Crippen molar-refractivity contribution < 1.29 is 80.2 Å². The number of phosphoric ester groups is 2. The fraction of sp³-hybridized carbons (Fsp3) is 0.954. The van der Waals surface area contributed by atoms with Gasteiger partial charge in [-0.05, 0) is 37.5 Å². The second-order valence-electron chi connectivity index (χ2n) is 31.8. The van der Waals surface area contributed by atoms with E-state index in [-0.39, 0.29) is 25.7 Å². The average Bonchev–Trinajstić information content (AvgIpc) is 0.914. The maximum Gasteiger partial charge on any atom is 0.472 e. The molecule has 0 bridgehead atoms. The summed E-state index contributed by atoms with van der Waals surface area (Å²) >= 11 is 0. The van der Waals surface area contributed by atoms with Gasteiger partial charge >= 0.3 is 39.5 Å². The maximum absolute atomic E-state index is 13.2. The number of ether oxygens (including phenoxy) is 4. The van der Waals surface area contributed by atoms with Gasteiger partial charge in [-0.3, -0.25) is 37.3 Å². The summed E-state index contributed by atoms with van der Waals surface area (Å²) in [6.45, 7) is 9.79. The Morgan fingerprint density at radius 3 is 0.670 bits per heavy atom. The second-order valence-corrected chi connectivity index (χ2v) is 34.7. The summed E-state index contributed by atoms with van der Waals surface area (Å²) in [5, 5.41) is 10.7. The van der Waals surface area contributed by atoms with Gasteiger partial charge in [0.05, 0.1) is 26.4 Å². The number of aliphatic hydroxyl groups is 1. The Morgan fingerprint density at radius 2 is 0.453 bits per heavy atom. The molecule has 3 N–H and O–H groups in total. The molecule has 0 amide bonds. The normalized spacial score (nSPS) is 14.3. The van der Waals surface area contributed by atoms with Gasteiger partial charge < -0.3 is 33.8 Å². The van der Waals surface area contributed by atoms with Crippen molar-refractivity contribution >= 4 is 39.5 Å². The number of aliphatic hydroxyl groups excluding tert-OH is 1. The van der Waals surface area contributed by atoms with Gasteiger partial charge in [-0.15, -0.1) is 0 Å². The first-order chi connectivity index (χ1) is 51.4. The lowest BCUT2D eigenvalue weighted by Gasteiger charge is -2.21. The van der Waals surface area contributed by atoms with Crippen LogP contribution < -0.4 is 0 Å². The van der Waals surface area contributed by atoms with Gasteiger partial charge in [-0.25, -0.2) is 9.13 Å². The molecule has 630 valence electrons. The third-order valence-corrected chi connectivity index (χ3v) is 23.1. The van der Waals surface area contributed by atoms with Crippen LogP contribution in [0.1, 0.15) is 465 Å². The van der Waals surface area contributed by atoms with Crippen LogP contribution in [0.25, 0.3) is 0 Å². The number of rotatable bonds is 86. The zero-order valence-corrected chi connectivity index (χ0v) is 71.5. The van der Waals surface area contributed by atoms with Crippen molar-refractivity contribution in [3.8, 4) is 0 Å². The predicted molar refractivity (Wildman–Crippen MR) is 437 cm³/mol. The standard InChI is InChI=1S/C87H170O17P2/c1-7-11-13-15-17-19-21-22-23-24-25-26-27-35-41-47-53-59-65-71-86(91)104-83(76-98-85(90)70-64-58-52-46-40-34-30-28-32-38-43-49-55-61-67-79(5)9-3)78-102-106(95,96)100-74-81(88)73-99-105(93,94)101-77-82(75-97-84(89)69-63-57-51-45-37-20-18-16-14-12-8-2)103-87(92)72-66-60-54-48-42-36-31-29-33-39-44-50-56-62-68-80(6)10-4/h79-83,88H,7-78H2,1-6H3,(H,93,94)(H,95,96)/t79?,80?,81-,82+,83+/m0/s1. The molecule has 106 heavy (non-hydrogen) atoms. The van der Waals surface area contributed by atoms with Crippen molar-refractivity contribution in [2.24, 2.45) is 11.8 Å². The van der Waals surface area contributed by atoms with Crippen LogP contribution in [0.15, 0.2) is 0 Å². The molecule has 0 rings (SSSR count). The molecular formula is C87H170O17P2. The minimum atomic E-state index is -4.97. The minimum absolute atomic E-state index is 0.108. The molecule has 0 saturated heterocycles. The summed E-state index contributed by atoms with van der Waals surface area (Å²) in [5.41, 5.74) is 0. The Kier molecular flexibility index (Phi) is 76.9. The molecule has 0 saturated carbocycles. The predicted octanol–water partition coefficient (Wildman–Crippen LogP) is 26.6. The third-order valence-electron chi connectivity index (χ3n) is 21.2. The van der Waals surface area contributed by atoms with E-state index in [1.165, 1.54) is 283 Å². The Labute approximate surface area is 651 Å². The number of unbranched alkanes of at least 4 members (excludes halogenated alkanes) is 54. The summed E-state index contributed by atoms with van der Waals surface area (Å²) < 4.78 is 69.0. The van der Waals surface area contributed by atoms with Crippen LogP contribution in [0.5, 0.6) is 0 Å². The van der Waals surface area contributed by atoms with Crippen LogP contribution in [-0.2, 0) is 65.4 Å². The van der Waals surface area contributed by atoms with Crippen LogP contribution in [0, 0.1) is 11.8 Å². The first-order valence-electron chi connectivity index (χ1n) is 45.1. The van der Waals surface area contributed by atoms with Crippen LogP contribution in [0.2, 0.25) is 0 Å². The molecule has 0 aliphatic heterocycles. The molecule has 0 aromatic rings. The fourth-order valence-electron chi connectivity index (χ4n) is 13.5. The van der Waals surface area contributed by atoms with Gasteiger partial charge in [-0.1, -0.05) is 414 Å². The van der Waals surface area contributed by atoms with Gasteiger partial charge in [0.1, 0.15) is 19.3 Å². The lowest BCUT2D eigenvalue weighted by molar-refractivity contribution is -0.161. The topological polar surface area (TPSA) is 237 Å². The van der Waals surface area contributed by atoms with E-state index >= 15 is 0 Å². The van der Waals surface area contributed by atoms with Crippen LogP contribution in [-0.4, -0.2) is 96.7 Å². The maximum atomic E-state index is 13.2. The first kappa shape index (κ1) is 104. The number of carbonyl (C=O) groups is 4. The Balaban J connectivity index is 5.25. The summed E-state index contributed by atoms with van der Waals surface area (Å²) in [5.74, 6) is -0.403. The van der Waals surface area contributed by atoms with Gasteiger partial charge in [-0.2, -0.15) is 0 Å². The molecule has 0 aliphatic carbocycles. The molecule has 0 spiro atoms.